The van der Waals surface area contributed by atoms with Crippen LogP contribution in [0.4, 0.5) is 0 Å². The highest BCUT2D eigenvalue weighted by Crippen LogP contribution is 2.49. The Morgan fingerprint density at radius 3 is 2.05 bits per heavy atom. The molecule has 0 saturated carbocycles. The summed E-state index contributed by atoms with van der Waals surface area (Å²) in [6, 6.07) is 0. The van der Waals surface area contributed by atoms with Crippen molar-refractivity contribution in [2.75, 3.05) is 14.2 Å². The van der Waals surface area contributed by atoms with Crippen LogP contribution >= 0.6 is 0 Å². The van der Waals surface area contributed by atoms with Gasteiger partial charge in [0, 0.05) is 12.3 Å². The molecule has 19 heavy (non-hydrogen) atoms. The zero-order chi connectivity index (χ0) is 14.8. The summed E-state index contributed by atoms with van der Waals surface area (Å²) in [5.41, 5.74) is -0.109. The van der Waals surface area contributed by atoms with Crippen LogP contribution in [0.1, 0.15) is 33.6 Å². The van der Waals surface area contributed by atoms with Crippen molar-refractivity contribution in [3.8, 4) is 0 Å². The third-order valence-corrected chi connectivity index (χ3v) is 3.90. The Hall–Kier alpha value is -1.65. The summed E-state index contributed by atoms with van der Waals surface area (Å²) in [6.45, 7) is 5.23. The standard InChI is InChI=1S/C14H20O5/c1-6-10(15)11-8(2)7-14(9(11)3,12(16)18-4)13(17)19-5/h9H,6-7H2,1-5H3. The lowest BCUT2D eigenvalue weighted by Crippen LogP contribution is -2.44. The van der Waals surface area contributed by atoms with Crippen molar-refractivity contribution >= 4 is 17.7 Å². The molecule has 1 atom stereocenters. The molecule has 1 unspecified atom stereocenters. The topological polar surface area (TPSA) is 69.7 Å². The van der Waals surface area contributed by atoms with Crippen LogP contribution in [0.15, 0.2) is 11.1 Å². The van der Waals surface area contributed by atoms with Crippen LogP contribution in [-0.2, 0) is 23.9 Å². The molecule has 5 heteroatoms. The molecule has 1 aliphatic rings. The van der Waals surface area contributed by atoms with E-state index >= 15 is 0 Å². The fraction of sp³-hybridized carbons (Fsp3) is 0.643. The van der Waals surface area contributed by atoms with Crippen LogP contribution in [0.3, 0.4) is 0 Å². The molecule has 5 nitrogen and oxygen atoms in total. The van der Waals surface area contributed by atoms with Gasteiger partial charge < -0.3 is 9.47 Å². The fourth-order valence-electron chi connectivity index (χ4n) is 2.90. The fourth-order valence-corrected chi connectivity index (χ4v) is 2.90. The molecule has 0 amide bonds. The quantitative estimate of drug-likeness (QED) is 0.573. The minimum atomic E-state index is -1.42. The summed E-state index contributed by atoms with van der Waals surface area (Å²) in [7, 11) is 2.46. The Bertz CT molecular complexity index is 431. The van der Waals surface area contributed by atoms with Gasteiger partial charge in [-0.25, -0.2) is 0 Å². The second-order valence-electron chi connectivity index (χ2n) is 4.82. The van der Waals surface area contributed by atoms with Crippen LogP contribution in [0.25, 0.3) is 0 Å². The average molecular weight is 268 g/mol. The molecule has 106 valence electrons. The second-order valence-corrected chi connectivity index (χ2v) is 4.82. The number of hydrogen-bond acceptors (Lipinski definition) is 5. The van der Waals surface area contributed by atoms with Crippen molar-refractivity contribution in [1.29, 1.82) is 0 Å². The van der Waals surface area contributed by atoms with Gasteiger partial charge in [0.15, 0.2) is 11.2 Å². The summed E-state index contributed by atoms with van der Waals surface area (Å²) in [4.78, 5) is 36.2. The van der Waals surface area contributed by atoms with Gasteiger partial charge in [0.1, 0.15) is 0 Å². The molecule has 0 fully saturated rings. The first kappa shape index (κ1) is 15.4. The largest absolute Gasteiger partial charge is 0.468 e. The van der Waals surface area contributed by atoms with Crippen LogP contribution in [-0.4, -0.2) is 31.9 Å². The molecule has 0 aromatic carbocycles. The van der Waals surface area contributed by atoms with Crippen molar-refractivity contribution < 1.29 is 23.9 Å². The monoisotopic (exact) mass is 268 g/mol. The van der Waals surface area contributed by atoms with E-state index in [-0.39, 0.29) is 12.2 Å². The Labute approximate surface area is 112 Å². The molecule has 0 saturated heterocycles. The van der Waals surface area contributed by atoms with Gasteiger partial charge in [0.2, 0.25) is 0 Å². The molecule has 1 aliphatic carbocycles. The predicted molar refractivity (Wildman–Crippen MR) is 68.2 cm³/mol. The minimum Gasteiger partial charge on any atom is -0.468 e. The number of esters is 2. The zero-order valence-corrected chi connectivity index (χ0v) is 12.0. The van der Waals surface area contributed by atoms with Crippen molar-refractivity contribution in [3.05, 3.63) is 11.1 Å². The van der Waals surface area contributed by atoms with Gasteiger partial charge in [-0.2, -0.15) is 0 Å². The average Bonchev–Trinajstić information content (AvgIpc) is 2.68. The first-order chi connectivity index (χ1) is 8.86. The number of methoxy groups -OCH3 is 2. The lowest BCUT2D eigenvalue weighted by atomic mass is 9.75. The molecule has 0 spiro atoms. The number of allylic oxidation sites excluding steroid dienone is 2. The summed E-state index contributed by atoms with van der Waals surface area (Å²) in [5.74, 6) is -1.87. The Balaban J connectivity index is 3.31. The maximum Gasteiger partial charge on any atom is 0.324 e. The number of ether oxygens (including phenoxy) is 2. The van der Waals surface area contributed by atoms with Gasteiger partial charge in [-0.3, -0.25) is 14.4 Å². The first-order valence-corrected chi connectivity index (χ1v) is 6.26. The normalized spacial score (nSPS) is 21.2. The lowest BCUT2D eigenvalue weighted by molar-refractivity contribution is -0.171. The second kappa shape index (κ2) is 5.55. The number of rotatable bonds is 4. The highest BCUT2D eigenvalue weighted by atomic mass is 16.5. The lowest BCUT2D eigenvalue weighted by Gasteiger charge is -2.28. The highest BCUT2D eigenvalue weighted by Gasteiger charge is 2.58. The Morgan fingerprint density at radius 2 is 1.68 bits per heavy atom. The van der Waals surface area contributed by atoms with E-state index in [1.807, 2.05) is 0 Å². The summed E-state index contributed by atoms with van der Waals surface area (Å²) < 4.78 is 9.53. The molecule has 0 N–H and O–H groups in total. The van der Waals surface area contributed by atoms with E-state index in [4.69, 9.17) is 9.47 Å². The molecule has 0 heterocycles. The van der Waals surface area contributed by atoms with Gasteiger partial charge in [-0.15, -0.1) is 0 Å². The van der Waals surface area contributed by atoms with E-state index < -0.39 is 23.3 Å². The third-order valence-electron chi connectivity index (χ3n) is 3.90. The third kappa shape index (κ3) is 2.17. The number of hydrogen-bond donors (Lipinski definition) is 0. The van der Waals surface area contributed by atoms with Crippen molar-refractivity contribution in [1.82, 2.24) is 0 Å². The van der Waals surface area contributed by atoms with E-state index in [0.717, 1.165) is 5.57 Å². The van der Waals surface area contributed by atoms with Crippen molar-refractivity contribution in [2.24, 2.45) is 11.3 Å². The molecule has 0 aliphatic heterocycles. The van der Waals surface area contributed by atoms with Gasteiger partial charge in [-0.1, -0.05) is 19.4 Å². The first-order valence-electron chi connectivity index (χ1n) is 6.26. The molecule has 0 bridgehead atoms. The van der Waals surface area contributed by atoms with Gasteiger partial charge in [0.25, 0.3) is 0 Å². The zero-order valence-electron chi connectivity index (χ0n) is 12.0. The minimum absolute atomic E-state index is 0.0420. The maximum atomic E-state index is 12.1. The van der Waals surface area contributed by atoms with Crippen LogP contribution < -0.4 is 0 Å². The van der Waals surface area contributed by atoms with Crippen LogP contribution in [0, 0.1) is 11.3 Å². The van der Waals surface area contributed by atoms with E-state index in [0.29, 0.717) is 12.0 Å². The van der Waals surface area contributed by atoms with E-state index in [2.05, 4.69) is 0 Å². The Kier molecular flexibility index (Phi) is 4.50. The molecular weight excluding hydrogens is 248 g/mol. The maximum absolute atomic E-state index is 12.1. The number of carbonyl (C=O) groups is 3. The number of ketones is 1. The van der Waals surface area contributed by atoms with Crippen LogP contribution in [0.2, 0.25) is 0 Å². The molecule has 0 aromatic heterocycles. The summed E-state index contributed by atoms with van der Waals surface area (Å²) >= 11 is 0. The summed E-state index contributed by atoms with van der Waals surface area (Å²) in [5, 5.41) is 0. The number of carbonyl (C=O) groups excluding carboxylic acids is 3. The van der Waals surface area contributed by atoms with E-state index in [1.165, 1.54) is 14.2 Å². The van der Waals surface area contributed by atoms with E-state index in [1.54, 1.807) is 20.8 Å². The molecule has 0 radical (unpaired) electrons. The SMILES string of the molecule is CCC(=O)C1=C(C)CC(C(=O)OC)(C(=O)OC)C1C. The molecular formula is C14H20O5. The van der Waals surface area contributed by atoms with Gasteiger partial charge in [-0.05, 0) is 18.9 Å². The summed E-state index contributed by atoms with van der Waals surface area (Å²) in [6.07, 6.45) is 0.518. The van der Waals surface area contributed by atoms with E-state index in [9.17, 15) is 14.4 Å². The Morgan fingerprint density at radius 1 is 1.21 bits per heavy atom. The van der Waals surface area contributed by atoms with Crippen LogP contribution in [0.5, 0.6) is 0 Å². The number of Topliss-reactive ketones (excluding diaryl/α,β-unsaturated/α-hetero) is 1. The van der Waals surface area contributed by atoms with Crippen molar-refractivity contribution in [3.63, 3.8) is 0 Å². The van der Waals surface area contributed by atoms with Crippen molar-refractivity contribution in [2.45, 2.75) is 33.6 Å². The molecule has 0 aromatic rings. The predicted octanol–water partition coefficient (Wildman–Crippen LogP) is 1.65. The van der Waals surface area contributed by atoms with Gasteiger partial charge in [0.05, 0.1) is 14.2 Å². The smallest absolute Gasteiger partial charge is 0.324 e. The highest BCUT2D eigenvalue weighted by molar-refractivity contribution is 6.06. The molecule has 1 rings (SSSR count). The van der Waals surface area contributed by atoms with Gasteiger partial charge >= 0.3 is 11.9 Å².